The lowest BCUT2D eigenvalue weighted by molar-refractivity contribution is -0.147. The standard InChI is InChI=1S/C16H20ClNO2/c1-18-8-5-11(10-18)13-4-3-12(9-14(13)17)16(15(19)20)6-2-7-16/h3-4,9,11H,2,5-8,10H2,1H3,(H,19,20). The maximum absolute atomic E-state index is 11.5. The van der Waals surface area contributed by atoms with Crippen molar-refractivity contribution in [2.45, 2.75) is 37.0 Å². The molecule has 2 aliphatic rings. The van der Waals surface area contributed by atoms with Gasteiger partial charge >= 0.3 is 5.97 Å². The lowest BCUT2D eigenvalue weighted by Gasteiger charge is -2.38. The highest BCUT2D eigenvalue weighted by Crippen LogP contribution is 2.45. The number of halogens is 1. The summed E-state index contributed by atoms with van der Waals surface area (Å²) in [4.78, 5) is 13.9. The molecule has 0 spiro atoms. The Bertz CT molecular complexity index is 539. The van der Waals surface area contributed by atoms with Gasteiger partial charge < -0.3 is 10.0 Å². The van der Waals surface area contributed by atoms with E-state index in [1.165, 1.54) is 5.56 Å². The summed E-state index contributed by atoms with van der Waals surface area (Å²) in [6.45, 7) is 2.13. The lowest BCUT2D eigenvalue weighted by atomic mass is 9.64. The Morgan fingerprint density at radius 3 is 2.65 bits per heavy atom. The summed E-state index contributed by atoms with van der Waals surface area (Å²) in [6, 6.07) is 5.92. The highest BCUT2D eigenvalue weighted by molar-refractivity contribution is 6.31. The van der Waals surface area contributed by atoms with E-state index >= 15 is 0 Å². The quantitative estimate of drug-likeness (QED) is 0.930. The number of nitrogens with zero attached hydrogens (tertiary/aromatic N) is 1. The molecule has 0 bridgehead atoms. The van der Waals surface area contributed by atoms with Gasteiger partial charge in [-0.25, -0.2) is 0 Å². The predicted molar refractivity (Wildman–Crippen MR) is 79.5 cm³/mol. The molecular weight excluding hydrogens is 274 g/mol. The van der Waals surface area contributed by atoms with Crippen molar-refractivity contribution in [3.63, 3.8) is 0 Å². The number of aliphatic carboxylic acids is 1. The molecule has 0 radical (unpaired) electrons. The Balaban J connectivity index is 1.90. The molecule has 1 aliphatic heterocycles. The first kappa shape index (κ1) is 13.9. The van der Waals surface area contributed by atoms with Gasteiger partial charge in [0.1, 0.15) is 0 Å². The number of carboxylic acid groups (broad SMARTS) is 1. The zero-order valence-electron chi connectivity index (χ0n) is 11.7. The van der Waals surface area contributed by atoms with Crippen LogP contribution in [-0.2, 0) is 10.2 Å². The van der Waals surface area contributed by atoms with E-state index < -0.39 is 11.4 Å². The molecule has 1 unspecified atom stereocenters. The van der Waals surface area contributed by atoms with Gasteiger partial charge in [0, 0.05) is 11.6 Å². The Labute approximate surface area is 124 Å². The average Bonchev–Trinajstić information content (AvgIpc) is 2.74. The summed E-state index contributed by atoms with van der Waals surface area (Å²) in [5.41, 5.74) is 1.35. The fourth-order valence-corrected chi connectivity index (χ4v) is 3.84. The summed E-state index contributed by atoms with van der Waals surface area (Å²) < 4.78 is 0. The fourth-order valence-electron chi connectivity index (χ4n) is 3.50. The monoisotopic (exact) mass is 293 g/mol. The van der Waals surface area contributed by atoms with Crippen LogP contribution in [0.3, 0.4) is 0 Å². The molecule has 0 aromatic heterocycles. The topological polar surface area (TPSA) is 40.5 Å². The van der Waals surface area contributed by atoms with Gasteiger partial charge in [-0.3, -0.25) is 4.79 Å². The number of hydrogen-bond acceptors (Lipinski definition) is 2. The van der Waals surface area contributed by atoms with Crippen molar-refractivity contribution in [1.29, 1.82) is 0 Å². The molecule has 0 amide bonds. The van der Waals surface area contributed by atoms with E-state index in [9.17, 15) is 9.90 Å². The van der Waals surface area contributed by atoms with Gasteiger partial charge in [-0.1, -0.05) is 30.2 Å². The summed E-state index contributed by atoms with van der Waals surface area (Å²) in [5, 5.41) is 10.2. The summed E-state index contributed by atoms with van der Waals surface area (Å²) in [5.74, 6) is -0.239. The molecule has 4 heteroatoms. The third-order valence-corrected chi connectivity index (χ3v) is 5.33. The van der Waals surface area contributed by atoms with E-state index in [2.05, 4.69) is 11.9 Å². The highest BCUT2D eigenvalue weighted by atomic mass is 35.5. The van der Waals surface area contributed by atoms with Gasteiger partial charge in [0.2, 0.25) is 0 Å². The minimum Gasteiger partial charge on any atom is -0.481 e. The number of hydrogen-bond donors (Lipinski definition) is 1. The predicted octanol–water partition coefficient (Wildman–Crippen LogP) is 3.27. The Morgan fingerprint density at radius 1 is 1.45 bits per heavy atom. The summed E-state index contributed by atoms with van der Waals surface area (Å²) in [6.07, 6.45) is 3.56. The third kappa shape index (κ3) is 2.13. The van der Waals surface area contributed by atoms with E-state index in [1.807, 2.05) is 18.2 Å². The minimum atomic E-state index is -0.715. The molecule has 20 heavy (non-hydrogen) atoms. The molecule has 1 saturated carbocycles. The van der Waals surface area contributed by atoms with Crippen LogP contribution in [0.4, 0.5) is 0 Å². The van der Waals surface area contributed by atoms with Crippen LogP contribution in [0.1, 0.15) is 42.7 Å². The van der Waals surface area contributed by atoms with E-state index in [0.717, 1.165) is 49.4 Å². The second-order valence-electron chi connectivity index (χ2n) is 6.22. The first-order valence-electron chi connectivity index (χ1n) is 7.25. The minimum absolute atomic E-state index is 0.476. The van der Waals surface area contributed by atoms with Crippen molar-refractivity contribution in [2.75, 3.05) is 20.1 Å². The number of rotatable bonds is 3. The Kier molecular flexibility index (Phi) is 3.51. The second-order valence-corrected chi connectivity index (χ2v) is 6.63. The number of benzene rings is 1. The Hall–Kier alpha value is -1.06. The molecule has 3 nitrogen and oxygen atoms in total. The second kappa shape index (κ2) is 5.05. The van der Waals surface area contributed by atoms with Crippen LogP contribution in [0.2, 0.25) is 5.02 Å². The van der Waals surface area contributed by atoms with Crippen LogP contribution in [0.15, 0.2) is 18.2 Å². The van der Waals surface area contributed by atoms with Crippen molar-refractivity contribution in [3.8, 4) is 0 Å². The lowest BCUT2D eigenvalue weighted by Crippen LogP contribution is -2.42. The number of likely N-dealkylation sites (N-methyl/N-ethyl adjacent to an activating group) is 1. The van der Waals surface area contributed by atoms with Gasteiger partial charge in [0.25, 0.3) is 0 Å². The van der Waals surface area contributed by atoms with Crippen LogP contribution in [0.5, 0.6) is 0 Å². The number of likely N-dealkylation sites (tertiary alicyclic amines) is 1. The Morgan fingerprint density at radius 2 is 2.20 bits per heavy atom. The zero-order chi connectivity index (χ0) is 14.3. The maximum Gasteiger partial charge on any atom is 0.314 e. The van der Waals surface area contributed by atoms with Crippen molar-refractivity contribution >= 4 is 17.6 Å². The summed E-state index contributed by atoms with van der Waals surface area (Å²) >= 11 is 6.44. The van der Waals surface area contributed by atoms with Crippen molar-refractivity contribution in [1.82, 2.24) is 4.90 Å². The number of carboxylic acids is 1. The zero-order valence-corrected chi connectivity index (χ0v) is 12.5. The van der Waals surface area contributed by atoms with Gasteiger partial charge in [0.15, 0.2) is 0 Å². The molecule has 1 saturated heterocycles. The molecule has 1 atom stereocenters. The molecule has 1 N–H and O–H groups in total. The molecule has 1 aromatic rings. The van der Waals surface area contributed by atoms with Gasteiger partial charge in [-0.2, -0.15) is 0 Å². The van der Waals surface area contributed by atoms with Gasteiger partial charge in [0.05, 0.1) is 5.41 Å². The van der Waals surface area contributed by atoms with E-state index in [-0.39, 0.29) is 0 Å². The first-order valence-corrected chi connectivity index (χ1v) is 7.62. The van der Waals surface area contributed by atoms with Crippen molar-refractivity contribution in [2.24, 2.45) is 0 Å². The molecule has 1 aromatic carbocycles. The molecule has 108 valence electrons. The molecule has 2 fully saturated rings. The van der Waals surface area contributed by atoms with Crippen LogP contribution in [0, 0.1) is 0 Å². The van der Waals surface area contributed by atoms with E-state index in [4.69, 9.17) is 11.6 Å². The van der Waals surface area contributed by atoms with Crippen LogP contribution >= 0.6 is 11.6 Å². The molecule has 1 heterocycles. The average molecular weight is 294 g/mol. The normalized spacial score (nSPS) is 25.4. The van der Waals surface area contributed by atoms with Crippen LogP contribution in [0.25, 0.3) is 0 Å². The third-order valence-electron chi connectivity index (χ3n) is 5.00. The van der Waals surface area contributed by atoms with Crippen molar-refractivity contribution < 1.29 is 9.90 Å². The van der Waals surface area contributed by atoms with Gasteiger partial charge in [-0.05, 0) is 56.0 Å². The maximum atomic E-state index is 11.5. The highest BCUT2D eigenvalue weighted by Gasteiger charge is 2.46. The summed E-state index contributed by atoms with van der Waals surface area (Å²) in [7, 11) is 2.12. The van der Waals surface area contributed by atoms with Crippen LogP contribution in [-0.4, -0.2) is 36.1 Å². The SMILES string of the molecule is CN1CCC(c2ccc(C3(C(=O)O)CCC3)cc2Cl)C1. The molecular formula is C16H20ClNO2. The molecule has 1 aliphatic carbocycles. The number of carbonyl (C=O) groups is 1. The largest absolute Gasteiger partial charge is 0.481 e. The van der Waals surface area contributed by atoms with Crippen LogP contribution < -0.4 is 0 Å². The van der Waals surface area contributed by atoms with E-state index in [1.54, 1.807) is 0 Å². The fraction of sp³-hybridized carbons (Fsp3) is 0.562. The molecule has 3 rings (SSSR count). The van der Waals surface area contributed by atoms with Gasteiger partial charge in [-0.15, -0.1) is 0 Å². The van der Waals surface area contributed by atoms with E-state index in [0.29, 0.717) is 5.92 Å². The first-order chi connectivity index (χ1) is 9.53. The van der Waals surface area contributed by atoms with Crippen molar-refractivity contribution in [3.05, 3.63) is 34.3 Å². The smallest absolute Gasteiger partial charge is 0.314 e.